The Labute approximate surface area is 166 Å². The minimum absolute atomic E-state index is 0.149. The van der Waals surface area contributed by atoms with E-state index in [0.717, 1.165) is 0 Å². The molecule has 4 heteroatoms. The molecule has 0 aliphatic carbocycles. The molecule has 0 aliphatic heterocycles. The second-order valence-corrected chi connectivity index (χ2v) is 7.14. The van der Waals surface area contributed by atoms with E-state index >= 15 is 0 Å². The molecule has 0 aromatic heterocycles. The standard InChI is InChI=1S/C24H28N2O2/c1-17(19-9-5-3-6-10-19)25-15-21-13-24(28)22(14-23(21)27)16-26-18(2)20-11-7-4-8-12-20/h3-14,17-18,25-28H,15-16H2,1-2H3. The molecule has 3 aromatic rings. The Kier molecular flexibility index (Phi) is 6.69. The first-order chi connectivity index (χ1) is 13.5. The first kappa shape index (κ1) is 19.9. The van der Waals surface area contributed by atoms with Crippen molar-refractivity contribution in [1.29, 1.82) is 0 Å². The van der Waals surface area contributed by atoms with Crippen LogP contribution in [0.15, 0.2) is 72.8 Å². The van der Waals surface area contributed by atoms with Crippen LogP contribution in [0.25, 0.3) is 0 Å². The zero-order valence-corrected chi connectivity index (χ0v) is 16.4. The second-order valence-electron chi connectivity index (χ2n) is 7.14. The van der Waals surface area contributed by atoms with Gasteiger partial charge in [0.05, 0.1) is 0 Å². The molecule has 0 saturated heterocycles. The lowest BCUT2D eigenvalue weighted by Gasteiger charge is -2.17. The highest BCUT2D eigenvalue weighted by molar-refractivity contribution is 5.45. The van der Waals surface area contributed by atoms with E-state index in [1.165, 1.54) is 11.1 Å². The van der Waals surface area contributed by atoms with Crippen molar-refractivity contribution in [3.63, 3.8) is 0 Å². The average Bonchev–Trinajstić information content (AvgIpc) is 2.73. The van der Waals surface area contributed by atoms with E-state index in [2.05, 4.69) is 48.7 Å². The average molecular weight is 377 g/mol. The number of hydrogen-bond acceptors (Lipinski definition) is 4. The monoisotopic (exact) mass is 376 g/mol. The summed E-state index contributed by atoms with van der Waals surface area (Å²) in [7, 11) is 0. The highest BCUT2D eigenvalue weighted by Crippen LogP contribution is 2.28. The summed E-state index contributed by atoms with van der Waals surface area (Å²) in [5.74, 6) is 0.379. The van der Waals surface area contributed by atoms with Crippen molar-refractivity contribution in [3.05, 3.63) is 95.1 Å². The third-order valence-electron chi connectivity index (χ3n) is 5.08. The number of phenolic OH excluding ortho intramolecular Hbond substituents is 2. The van der Waals surface area contributed by atoms with E-state index in [0.29, 0.717) is 24.2 Å². The molecule has 146 valence electrons. The van der Waals surface area contributed by atoms with Crippen LogP contribution >= 0.6 is 0 Å². The van der Waals surface area contributed by atoms with Gasteiger partial charge in [0.1, 0.15) is 11.5 Å². The Morgan fingerprint density at radius 2 is 1.00 bits per heavy atom. The number of rotatable bonds is 8. The lowest BCUT2D eigenvalue weighted by Crippen LogP contribution is -2.19. The summed E-state index contributed by atoms with van der Waals surface area (Å²) in [6.07, 6.45) is 0. The van der Waals surface area contributed by atoms with E-state index in [1.54, 1.807) is 12.1 Å². The molecule has 3 aromatic carbocycles. The quantitative estimate of drug-likeness (QED) is 0.427. The van der Waals surface area contributed by atoms with Crippen LogP contribution in [0.5, 0.6) is 11.5 Å². The van der Waals surface area contributed by atoms with Crippen LogP contribution in [0.1, 0.15) is 48.2 Å². The molecule has 0 fully saturated rings. The largest absolute Gasteiger partial charge is 0.508 e. The van der Waals surface area contributed by atoms with Gasteiger partial charge >= 0.3 is 0 Å². The van der Waals surface area contributed by atoms with Gasteiger partial charge in [0.15, 0.2) is 0 Å². The molecule has 0 spiro atoms. The summed E-state index contributed by atoms with van der Waals surface area (Å²) in [4.78, 5) is 0. The van der Waals surface area contributed by atoms with Crippen molar-refractivity contribution >= 4 is 0 Å². The summed E-state index contributed by atoms with van der Waals surface area (Å²) in [5, 5.41) is 27.6. The maximum absolute atomic E-state index is 10.4. The van der Waals surface area contributed by atoms with Crippen LogP contribution in [0, 0.1) is 0 Å². The Morgan fingerprint density at radius 3 is 1.36 bits per heavy atom. The van der Waals surface area contributed by atoms with Gasteiger partial charge in [0.25, 0.3) is 0 Å². The van der Waals surface area contributed by atoms with Crippen molar-refractivity contribution in [3.8, 4) is 11.5 Å². The van der Waals surface area contributed by atoms with Gasteiger partial charge in [-0.3, -0.25) is 0 Å². The van der Waals surface area contributed by atoms with Gasteiger partial charge in [0, 0.05) is 36.3 Å². The summed E-state index contributed by atoms with van der Waals surface area (Å²) in [6, 6.07) is 23.9. The molecule has 0 amide bonds. The van der Waals surface area contributed by atoms with Gasteiger partial charge < -0.3 is 20.8 Å². The predicted molar refractivity (Wildman–Crippen MR) is 113 cm³/mol. The third kappa shape index (κ3) is 5.12. The van der Waals surface area contributed by atoms with Gasteiger partial charge in [-0.25, -0.2) is 0 Å². The molecule has 4 nitrogen and oxygen atoms in total. The molecule has 0 heterocycles. The number of hydrogen-bond donors (Lipinski definition) is 4. The molecule has 0 aliphatic rings. The molecular weight excluding hydrogens is 348 g/mol. The maximum Gasteiger partial charge on any atom is 0.120 e. The Morgan fingerprint density at radius 1 is 0.643 bits per heavy atom. The fourth-order valence-electron chi connectivity index (χ4n) is 3.19. The summed E-state index contributed by atoms with van der Waals surface area (Å²) < 4.78 is 0. The third-order valence-corrected chi connectivity index (χ3v) is 5.08. The number of benzene rings is 3. The van der Waals surface area contributed by atoms with Crippen LogP contribution in [0.2, 0.25) is 0 Å². The first-order valence-corrected chi connectivity index (χ1v) is 9.65. The number of aromatic hydroxyl groups is 2. The van der Waals surface area contributed by atoms with Crippen LogP contribution in [0.4, 0.5) is 0 Å². The van der Waals surface area contributed by atoms with E-state index in [4.69, 9.17) is 0 Å². The molecule has 3 rings (SSSR count). The topological polar surface area (TPSA) is 64.5 Å². The molecular formula is C24H28N2O2. The van der Waals surface area contributed by atoms with Gasteiger partial charge in [0.2, 0.25) is 0 Å². The van der Waals surface area contributed by atoms with E-state index in [-0.39, 0.29) is 23.6 Å². The maximum atomic E-state index is 10.4. The van der Waals surface area contributed by atoms with Crippen molar-refractivity contribution in [2.45, 2.75) is 39.0 Å². The van der Waals surface area contributed by atoms with Gasteiger partial charge in [-0.15, -0.1) is 0 Å². The second kappa shape index (κ2) is 9.40. The minimum Gasteiger partial charge on any atom is -0.508 e. The van der Waals surface area contributed by atoms with E-state index in [1.807, 2.05) is 36.4 Å². The summed E-state index contributed by atoms with van der Waals surface area (Å²) >= 11 is 0. The molecule has 4 N–H and O–H groups in total. The van der Waals surface area contributed by atoms with Crippen LogP contribution < -0.4 is 10.6 Å². The first-order valence-electron chi connectivity index (χ1n) is 9.65. The highest BCUT2D eigenvalue weighted by Gasteiger charge is 2.12. The molecule has 0 radical (unpaired) electrons. The Bertz CT molecular complexity index is 807. The number of phenols is 2. The lowest BCUT2D eigenvalue weighted by molar-refractivity contribution is 0.438. The van der Waals surface area contributed by atoms with Gasteiger partial charge in [-0.05, 0) is 37.1 Å². The Balaban J connectivity index is 1.61. The van der Waals surface area contributed by atoms with E-state index < -0.39 is 0 Å². The SMILES string of the molecule is CC(NCc1cc(O)c(CNC(C)c2ccccc2)cc1O)c1ccccc1. The lowest BCUT2D eigenvalue weighted by atomic mass is 10.1. The molecule has 2 atom stereocenters. The van der Waals surface area contributed by atoms with Crippen molar-refractivity contribution < 1.29 is 10.2 Å². The van der Waals surface area contributed by atoms with Gasteiger partial charge in [-0.1, -0.05) is 60.7 Å². The number of nitrogens with one attached hydrogen (secondary N) is 2. The molecule has 28 heavy (non-hydrogen) atoms. The molecule has 0 saturated carbocycles. The fraction of sp³-hybridized carbons (Fsp3) is 0.250. The zero-order chi connectivity index (χ0) is 19.9. The van der Waals surface area contributed by atoms with Crippen molar-refractivity contribution in [1.82, 2.24) is 10.6 Å². The molecule has 2 unspecified atom stereocenters. The summed E-state index contributed by atoms with van der Waals surface area (Å²) in [6.45, 7) is 5.11. The van der Waals surface area contributed by atoms with Crippen molar-refractivity contribution in [2.24, 2.45) is 0 Å². The van der Waals surface area contributed by atoms with Crippen molar-refractivity contribution in [2.75, 3.05) is 0 Å². The smallest absolute Gasteiger partial charge is 0.120 e. The summed E-state index contributed by atoms with van der Waals surface area (Å²) in [5.41, 5.74) is 3.73. The fourth-order valence-corrected chi connectivity index (χ4v) is 3.19. The highest BCUT2D eigenvalue weighted by atomic mass is 16.3. The predicted octanol–water partition coefficient (Wildman–Crippen LogP) is 4.80. The minimum atomic E-state index is 0.149. The van der Waals surface area contributed by atoms with Gasteiger partial charge in [-0.2, -0.15) is 0 Å². The van der Waals surface area contributed by atoms with Crippen LogP contribution in [0.3, 0.4) is 0 Å². The van der Waals surface area contributed by atoms with Crippen LogP contribution in [-0.2, 0) is 13.1 Å². The van der Waals surface area contributed by atoms with E-state index in [9.17, 15) is 10.2 Å². The molecule has 0 bridgehead atoms. The zero-order valence-electron chi connectivity index (χ0n) is 16.4. The normalized spacial score (nSPS) is 13.2. The van der Waals surface area contributed by atoms with Crippen LogP contribution in [-0.4, -0.2) is 10.2 Å². The Hall–Kier alpha value is -2.82.